The Morgan fingerprint density at radius 3 is 1.93 bits per heavy atom. The SMILES string of the molecule is c1ccc(-c2nc(-c3ccc4c(c3)oc3cc5ccccc5cc34)nc(-c3cccc4c3oc3ccccc34)n2)cc1. The summed E-state index contributed by atoms with van der Waals surface area (Å²) in [6.45, 7) is 0. The van der Waals surface area contributed by atoms with Crippen LogP contribution in [0.2, 0.25) is 0 Å². The van der Waals surface area contributed by atoms with Crippen molar-refractivity contribution in [2.24, 2.45) is 0 Å². The van der Waals surface area contributed by atoms with Crippen LogP contribution >= 0.6 is 0 Å². The summed E-state index contributed by atoms with van der Waals surface area (Å²) in [5.74, 6) is 1.72. The summed E-state index contributed by atoms with van der Waals surface area (Å²) in [6.07, 6.45) is 0. The number of aromatic nitrogens is 3. The van der Waals surface area contributed by atoms with Crippen LogP contribution in [-0.4, -0.2) is 15.0 Å². The van der Waals surface area contributed by atoms with Gasteiger partial charge in [0.1, 0.15) is 22.3 Å². The molecule has 0 atom stereocenters. The minimum atomic E-state index is 0.555. The molecule has 0 radical (unpaired) electrons. The van der Waals surface area contributed by atoms with Crippen molar-refractivity contribution in [3.63, 3.8) is 0 Å². The Labute approximate surface area is 239 Å². The van der Waals surface area contributed by atoms with Gasteiger partial charge in [-0.15, -0.1) is 0 Å². The molecule has 3 heterocycles. The van der Waals surface area contributed by atoms with Crippen LogP contribution in [0.25, 0.3) is 88.8 Å². The third kappa shape index (κ3) is 3.54. The zero-order valence-corrected chi connectivity index (χ0v) is 22.3. The Balaban J connectivity index is 1.27. The molecule has 0 spiro atoms. The van der Waals surface area contributed by atoms with E-state index in [1.165, 1.54) is 5.39 Å². The zero-order chi connectivity index (χ0) is 27.6. The van der Waals surface area contributed by atoms with E-state index < -0.39 is 0 Å². The molecular weight excluding hydrogens is 518 g/mol. The average molecular weight is 540 g/mol. The lowest BCUT2D eigenvalue weighted by atomic mass is 10.1. The second-order valence-corrected chi connectivity index (χ2v) is 10.5. The summed E-state index contributed by atoms with van der Waals surface area (Å²) in [4.78, 5) is 14.9. The molecule has 0 aliphatic rings. The van der Waals surface area contributed by atoms with E-state index in [2.05, 4.69) is 54.6 Å². The molecule has 0 fully saturated rings. The van der Waals surface area contributed by atoms with Crippen LogP contribution in [0.3, 0.4) is 0 Å². The maximum atomic E-state index is 6.36. The number of hydrogen-bond acceptors (Lipinski definition) is 5. The summed E-state index contributed by atoms with van der Waals surface area (Å²) in [7, 11) is 0. The highest BCUT2D eigenvalue weighted by Gasteiger charge is 2.18. The van der Waals surface area contributed by atoms with E-state index in [4.69, 9.17) is 23.8 Å². The van der Waals surface area contributed by atoms with Gasteiger partial charge in [-0.2, -0.15) is 0 Å². The van der Waals surface area contributed by atoms with Gasteiger partial charge in [0.2, 0.25) is 0 Å². The van der Waals surface area contributed by atoms with E-state index in [0.717, 1.165) is 66.0 Å². The molecule has 0 saturated heterocycles. The van der Waals surface area contributed by atoms with Crippen LogP contribution in [0, 0.1) is 0 Å². The van der Waals surface area contributed by atoms with Crippen molar-refractivity contribution in [1.29, 1.82) is 0 Å². The Kier molecular flexibility index (Phi) is 4.83. The molecule has 0 bridgehead atoms. The van der Waals surface area contributed by atoms with Crippen LogP contribution in [0.4, 0.5) is 0 Å². The third-order valence-electron chi connectivity index (χ3n) is 7.91. The van der Waals surface area contributed by atoms with Crippen molar-refractivity contribution in [2.75, 3.05) is 0 Å². The van der Waals surface area contributed by atoms with Gasteiger partial charge >= 0.3 is 0 Å². The fourth-order valence-corrected chi connectivity index (χ4v) is 5.87. The monoisotopic (exact) mass is 539 g/mol. The highest BCUT2D eigenvalue weighted by Crippen LogP contribution is 2.37. The zero-order valence-electron chi connectivity index (χ0n) is 22.3. The van der Waals surface area contributed by atoms with Gasteiger partial charge in [0, 0.05) is 32.7 Å². The molecule has 5 heteroatoms. The summed E-state index contributed by atoms with van der Waals surface area (Å²) in [5.41, 5.74) is 5.83. The van der Waals surface area contributed by atoms with Crippen molar-refractivity contribution in [3.8, 4) is 34.2 Å². The Morgan fingerprint density at radius 2 is 1.05 bits per heavy atom. The number of hydrogen-bond donors (Lipinski definition) is 0. The highest BCUT2D eigenvalue weighted by molar-refractivity contribution is 6.11. The van der Waals surface area contributed by atoms with Crippen molar-refractivity contribution in [1.82, 2.24) is 15.0 Å². The molecule has 42 heavy (non-hydrogen) atoms. The number of benzene rings is 6. The number of rotatable bonds is 3. The minimum absolute atomic E-state index is 0.555. The second kappa shape index (κ2) is 8.85. The molecule has 3 aromatic heterocycles. The third-order valence-corrected chi connectivity index (χ3v) is 7.91. The number of para-hydroxylation sites is 2. The van der Waals surface area contributed by atoms with E-state index in [-0.39, 0.29) is 0 Å². The smallest absolute Gasteiger partial charge is 0.167 e. The largest absolute Gasteiger partial charge is 0.456 e. The minimum Gasteiger partial charge on any atom is -0.456 e. The molecule has 6 aromatic carbocycles. The first-order valence-electron chi connectivity index (χ1n) is 13.9. The number of furan rings is 2. The van der Waals surface area contributed by atoms with Crippen molar-refractivity contribution < 1.29 is 8.83 Å². The average Bonchev–Trinajstić information content (AvgIpc) is 3.61. The number of nitrogens with zero attached hydrogens (tertiary/aromatic N) is 3. The first-order valence-corrected chi connectivity index (χ1v) is 13.9. The predicted molar refractivity (Wildman–Crippen MR) is 168 cm³/mol. The van der Waals surface area contributed by atoms with Crippen LogP contribution in [0.5, 0.6) is 0 Å². The molecule has 0 amide bonds. The van der Waals surface area contributed by atoms with Crippen molar-refractivity contribution in [2.45, 2.75) is 0 Å². The van der Waals surface area contributed by atoms with Crippen molar-refractivity contribution in [3.05, 3.63) is 127 Å². The summed E-state index contributed by atoms with van der Waals surface area (Å²) < 4.78 is 12.7. The lowest BCUT2D eigenvalue weighted by Gasteiger charge is -2.08. The first-order chi connectivity index (χ1) is 20.8. The summed E-state index contributed by atoms with van der Waals surface area (Å²) in [5, 5.41) is 6.58. The summed E-state index contributed by atoms with van der Waals surface area (Å²) >= 11 is 0. The molecule has 9 rings (SSSR count). The molecule has 196 valence electrons. The standard InChI is InChI=1S/C37H21N3O2/c1-2-9-22(10-3-1)35-38-36(40-37(39-35)29-15-8-14-28-26-13-6-7-16-31(26)42-34(28)29)25-17-18-27-30-19-23-11-4-5-12-24(23)20-33(30)41-32(27)21-25/h1-21H. The van der Waals surface area contributed by atoms with Gasteiger partial charge < -0.3 is 8.83 Å². The molecule has 0 aliphatic heterocycles. The fraction of sp³-hybridized carbons (Fsp3) is 0. The Morgan fingerprint density at radius 1 is 0.381 bits per heavy atom. The normalized spacial score (nSPS) is 11.8. The van der Waals surface area contributed by atoms with E-state index in [1.54, 1.807) is 0 Å². The molecule has 0 unspecified atom stereocenters. The lowest BCUT2D eigenvalue weighted by Crippen LogP contribution is -2.00. The molecule has 5 nitrogen and oxygen atoms in total. The fourth-order valence-electron chi connectivity index (χ4n) is 5.87. The summed E-state index contributed by atoms with van der Waals surface area (Å²) in [6, 6.07) is 43.0. The van der Waals surface area contributed by atoms with E-state index in [0.29, 0.717) is 17.5 Å². The molecular formula is C37H21N3O2. The van der Waals surface area contributed by atoms with Gasteiger partial charge in [-0.25, -0.2) is 15.0 Å². The Hall–Kier alpha value is -5.81. The number of fused-ring (bicyclic) bond motifs is 7. The maximum absolute atomic E-state index is 6.36. The van der Waals surface area contributed by atoms with E-state index in [9.17, 15) is 0 Å². The molecule has 0 aliphatic carbocycles. The molecule has 9 aromatic rings. The van der Waals surface area contributed by atoms with Gasteiger partial charge in [0.15, 0.2) is 17.5 Å². The van der Waals surface area contributed by atoms with Gasteiger partial charge in [-0.1, -0.05) is 91.0 Å². The first kappa shape index (κ1) is 22.9. The van der Waals surface area contributed by atoms with E-state index in [1.807, 2.05) is 72.8 Å². The van der Waals surface area contributed by atoms with Gasteiger partial charge in [0.05, 0.1) is 5.56 Å². The Bertz CT molecular complexity index is 2470. The maximum Gasteiger partial charge on any atom is 0.167 e. The van der Waals surface area contributed by atoms with Gasteiger partial charge in [0.25, 0.3) is 0 Å². The second-order valence-electron chi connectivity index (χ2n) is 10.5. The van der Waals surface area contributed by atoms with E-state index >= 15 is 0 Å². The van der Waals surface area contributed by atoms with Crippen LogP contribution in [0.15, 0.2) is 136 Å². The lowest BCUT2D eigenvalue weighted by molar-refractivity contribution is 0.669. The quantitative estimate of drug-likeness (QED) is 0.224. The van der Waals surface area contributed by atoms with Gasteiger partial charge in [-0.05, 0) is 47.2 Å². The topological polar surface area (TPSA) is 65.0 Å². The molecule has 0 N–H and O–H groups in total. The highest BCUT2D eigenvalue weighted by atomic mass is 16.3. The molecule has 0 saturated carbocycles. The van der Waals surface area contributed by atoms with Crippen LogP contribution in [-0.2, 0) is 0 Å². The predicted octanol–water partition coefficient (Wildman–Crippen LogP) is 9.82. The van der Waals surface area contributed by atoms with Crippen molar-refractivity contribution >= 4 is 54.6 Å². The van der Waals surface area contributed by atoms with Crippen LogP contribution in [0.1, 0.15) is 0 Å². The van der Waals surface area contributed by atoms with Gasteiger partial charge in [-0.3, -0.25) is 0 Å². The van der Waals surface area contributed by atoms with Crippen LogP contribution < -0.4 is 0 Å².